The summed E-state index contributed by atoms with van der Waals surface area (Å²) in [5.74, 6) is -0.171. The van der Waals surface area contributed by atoms with Crippen LogP contribution in [-0.2, 0) is 16.0 Å². The maximum Gasteiger partial charge on any atom is 0.228 e. The minimum atomic E-state index is -0.323. The number of hydrogen-bond acceptors (Lipinski definition) is 2. The molecule has 0 spiro atoms. The summed E-state index contributed by atoms with van der Waals surface area (Å²) in [5, 5.41) is 2.94. The maximum atomic E-state index is 13.0. The second kappa shape index (κ2) is 6.15. The van der Waals surface area contributed by atoms with Crippen LogP contribution in [0.4, 0.5) is 4.39 Å². The lowest BCUT2D eigenvalue weighted by Crippen LogP contribution is -2.49. The minimum Gasteiger partial charge on any atom is -0.384 e. The van der Waals surface area contributed by atoms with Crippen molar-refractivity contribution < 1.29 is 13.9 Å². The van der Waals surface area contributed by atoms with E-state index < -0.39 is 0 Å². The van der Waals surface area contributed by atoms with Crippen LogP contribution in [0.3, 0.4) is 0 Å². The van der Waals surface area contributed by atoms with E-state index in [-0.39, 0.29) is 17.1 Å². The van der Waals surface area contributed by atoms with Gasteiger partial charge in [0.2, 0.25) is 5.91 Å². The highest BCUT2D eigenvalue weighted by atomic mass is 19.1. The van der Waals surface area contributed by atoms with Crippen LogP contribution in [0.5, 0.6) is 0 Å². The molecule has 0 atom stereocenters. The summed E-state index contributed by atoms with van der Waals surface area (Å²) < 4.78 is 18.1. The smallest absolute Gasteiger partial charge is 0.228 e. The predicted molar refractivity (Wildman–Crippen MR) is 71.3 cm³/mol. The van der Waals surface area contributed by atoms with Crippen LogP contribution in [0.25, 0.3) is 0 Å². The fourth-order valence-corrected chi connectivity index (χ4v) is 2.52. The third kappa shape index (κ3) is 3.32. The molecule has 0 unspecified atom stereocenters. The minimum absolute atomic E-state index is 0.0667. The lowest BCUT2D eigenvalue weighted by atomic mass is 9.68. The summed E-state index contributed by atoms with van der Waals surface area (Å²) in [6.07, 6.45) is 3.52. The van der Waals surface area contributed by atoms with E-state index in [1.165, 1.54) is 12.1 Å². The molecule has 0 aliphatic heterocycles. The number of carbonyl (C=O) groups is 1. The topological polar surface area (TPSA) is 38.3 Å². The van der Waals surface area contributed by atoms with Crippen LogP contribution >= 0.6 is 0 Å². The molecule has 19 heavy (non-hydrogen) atoms. The molecule has 0 bridgehead atoms. The molecule has 4 heteroatoms. The second-order valence-electron chi connectivity index (χ2n) is 5.20. The van der Waals surface area contributed by atoms with Crippen molar-refractivity contribution in [3.8, 4) is 0 Å². The Kier molecular flexibility index (Phi) is 4.53. The van der Waals surface area contributed by atoms with E-state index >= 15 is 0 Å². The summed E-state index contributed by atoms with van der Waals surface area (Å²) in [7, 11) is 1.63. The summed E-state index contributed by atoms with van der Waals surface area (Å²) in [6.45, 7) is 1.02. The number of halogens is 1. The van der Waals surface area contributed by atoms with Gasteiger partial charge in [-0.25, -0.2) is 4.39 Å². The van der Waals surface area contributed by atoms with Crippen molar-refractivity contribution in [3.05, 3.63) is 35.6 Å². The van der Waals surface area contributed by atoms with E-state index in [2.05, 4.69) is 5.32 Å². The zero-order valence-corrected chi connectivity index (χ0v) is 11.2. The number of carbonyl (C=O) groups excluding carboxylic acids is 1. The van der Waals surface area contributed by atoms with Gasteiger partial charge in [-0.1, -0.05) is 18.6 Å². The zero-order chi connectivity index (χ0) is 13.7. The van der Waals surface area contributed by atoms with Crippen LogP contribution < -0.4 is 5.32 Å². The summed E-state index contributed by atoms with van der Waals surface area (Å²) in [6, 6.07) is 6.47. The number of hydrogen-bond donors (Lipinski definition) is 1. The largest absolute Gasteiger partial charge is 0.384 e. The Bertz CT molecular complexity index is 444. The first-order valence-electron chi connectivity index (χ1n) is 6.68. The van der Waals surface area contributed by atoms with Crippen molar-refractivity contribution in [3.63, 3.8) is 0 Å². The Labute approximate surface area is 113 Å². The number of methoxy groups -OCH3 is 1. The first-order chi connectivity index (χ1) is 9.16. The molecule has 1 amide bonds. The van der Waals surface area contributed by atoms with Crippen LogP contribution in [0, 0.1) is 11.2 Å². The average molecular weight is 265 g/mol. The molecule has 1 aromatic carbocycles. The quantitative estimate of drug-likeness (QED) is 0.857. The van der Waals surface area contributed by atoms with Gasteiger partial charge < -0.3 is 10.1 Å². The van der Waals surface area contributed by atoms with E-state index in [1.807, 2.05) is 6.07 Å². The van der Waals surface area contributed by atoms with Gasteiger partial charge in [0, 0.05) is 13.7 Å². The van der Waals surface area contributed by atoms with E-state index in [0.29, 0.717) is 19.6 Å². The molecule has 0 saturated heterocycles. The van der Waals surface area contributed by atoms with Crippen molar-refractivity contribution in [2.24, 2.45) is 5.41 Å². The van der Waals surface area contributed by atoms with Gasteiger partial charge in [-0.2, -0.15) is 0 Å². The third-order valence-corrected chi connectivity index (χ3v) is 3.80. The van der Waals surface area contributed by atoms with E-state index in [1.54, 1.807) is 13.2 Å². The van der Waals surface area contributed by atoms with Gasteiger partial charge in [0.1, 0.15) is 5.82 Å². The normalized spacial score (nSPS) is 16.7. The molecule has 1 N–H and O–H groups in total. The number of rotatable bonds is 6. The van der Waals surface area contributed by atoms with Crippen molar-refractivity contribution in [2.75, 3.05) is 20.3 Å². The highest BCUT2D eigenvalue weighted by Gasteiger charge is 2.43. The number of nitrogens with one attached hydrogen (secondary N) is 1. The molecule has 0 radical (unpaired) electrons. The monoisotopic (exact) mass is 265 g/mol. The van der Waals surface area contributed by atoms with Gasteiger partial charge in [-0.15, -0.1) is 0 Å². The Balaban J connectivity index is 1.80. The Morgan fingerprint density at radius 1 is 1.47 bits per heavy atom. The molecule has 1 fully saturated rings. The van der Waals surface area contributed by atoms with Gasteiger partial charge in [0.15, 0.2) is 0 Å². The van der Waals surface area contributed by atoms with Gasteiger partial charge >= 0.3 is 0 Å². The number of ether oxygens (including phenoxy) is 1. The number of benzene rings is 1. The Morgan fingerprint density at radius 3 is 2.84 bits per heavy atom. The van der Waals surface area contributed by atoms with Gasteiger partial charge in [-0.05, 0) is 37.0 Å². The van der Waals surface area contributed by atoms with Gasteiger partial charge in [0.05, 0.1) is 12.0 Å². The highest BCUT2D eigenvalue weighted by Crippen LogP contribution is 2.41. The molecule has 1 aliphatic carbocycles. The SMILES string of the molecule is COCC1(C(=O)NCCc2cccc(F)c2)CCC1. The molecular formula is C15H20FNO2. The third-order valence-electron chi connectivity index (χ3n) is 3.80. The summed E-state index contributed by atoms with van der Waals surface area (Å²) in [5.41, 5.74) is 0.575. The molecule has 2 rings (SSSR count). The molecule has 1 saturated carbocycles. The molecule has 1 aromatic rings. The molecule has 104 valence electrons. The molecule has 0 aromatic heterocycles. The fourth-order valence-electron chi connectivity index (χ4n) is 2.52. The molecule has 3 nitrogen and oxygen atoms in total. The summed E-state index contributed by atoms with van der Waals surface area (Å²) in [4.78, 5) is 12.1. The predicted octanol–water partition coefficient (Wildman–Crippen LogP) is 2.30. The average Bonchev–Trinajstić information content (AvgIpc) is 2.33. The lowest BCUT2D eigenvalue weighted by molar-refractivity contribution is -0.140. The maximum absolute atomic E-state index is 13.0. The van der Waals surface area contributed by atoms with Crippen LogP contribution in [-0.4, -0.2) is 26.2 Å². The molecule has 0 heterocycles. The van der Waals surface area contributed by atoms with Crippen LogP contribution in [0.2, 0.25) is 0 Å². The van der Waals surface area contributed by atoms with E-state index in [0.717, 1.165) is 24.8 Å². The first kappa shape index (κ1) is 14.0. The van der Waals surface area contributed by atoms with Gasteiger partial charge in [0.25, 0.3) is 0 Å². The standard InChI is InChI=1S/C15H20FNO2/c1-19-11-15(7-3-8-15)14(18)17-9-6-12-4-2-5-13(16)10-12/h2,4-5,10H,3,6-9,11H2,1H3,(H,17,18). The number of amides is 1. The van der Waals surface area contributed by atoms with Gasteiger partial charge in [-0.3, -0.25) is 4.79 Å². The van der Waals surface area contributed by atoms with Crippen LogP contribution in [0.15, 0.2) is 24.3 Å². The first-order valence-corrected chi connectivity index (χ1v) is 6.68. The zero-order valence-electron chi connectivity index (χ0n) is 11.2. The fraction of sp³-hybridized carbons (Fsp3) is 0.533. The van der Waals surface area contributed by atoms with Crippen molar-refractivity contribution in [1.82, 2.24) is 5.32 Å². The van der Waals surface area contributed by atoms with E-state index in [4.69, 9.17) is 4.74 Å². The molecular weight excluding hydrogens is 245 g/mol. The van der Waals surface area contributed by atoms with Crippen LogP contribution in [0.1, 0.15) is 24.8 Å². The Hall–Kier alpha value is -1.42. The van der Waals surface area contributed by atoms with Crippen molar-refractivity contribution in [2.45, 2.75) is 25.7 Å². The van der Waals surface area contributed by atoms with Crippen molar-refractivity contribution in [1.29, 1.82) is 0 Å². The highest BCUT2D eigenvalue weighted by molar-refractivity contribution is 5.83. The lowest BCUT2D eigenvalue weighted by Gasteiger charge is -2.39. The summed E-state index contributed by atoms with van der Waals surface area (Å²) >= 11 is 0. The molecule has 1 aliphatic rings. The Morgan fingerprint density at radius 2 is 2.26 bits per heavy atom. The van der Waals surface area contributed by atoms with E-state index in [9.17, 15) is 9.18 Å². The second-order valence-corrected chi connectivity index (χ2v) is 5.20. The van der Waals surface area contributed by atoms with Crippen molar-refractivity contribution >= 4 is 5.91 Å².